The van der Waals surface area contributed by atoms with E-state index in [2.05, 4.69) is 42.5 Å². The lowest BCUT2D eigenvalue weighted by atomic mass is 10.1. The van der Waals surface area contributed by atoms with Crippen LogP contribution in [0, 0.1) is 0 Å². The number of hydrogen-bond acceptors (Lipinski definition) is 19. The molecule has 89 heavy (non-hydrogen) atoms. The van der Waals surface area contributed by atoms with Gasteiger partial charge in [0.1, 0.15) is 60.4 Å². The first-order valence-corrected chi connectivity index (χ1v) is 28.8. The number of carboxylic acids is 1. The predicted octanol–water partition coefficient (Wildman–Crippen LogP) is 2.07. The zero-order valence-corrected chi connectivity index (χ0v) is 50.4. The van der Waals surface area contributed by atoms with Gasteiger partial charge >= 0.3 is 5.97 Å². The molecule has 29 nitrogen and oxygen atoms in total. The third-order valence-corrected chi connectivity index (χ3v) is 13.6. The number of anilines is 4. The van der Waals surface area contributed by atoms with Crippen molar-refractivity contribution in [1.82, 2.24) is 21.3 Å². The van der Waals surface area contributed by atoms with E-state index >= 15 is 0 Å². The van der Waals surface area contributed by atoms with Gasteiger partial charge in [-0.2, -0.15) is 0 Å². The number of rotatable bonds is 40. The lowest BCUT2D eigenvalue weighted by Crippen LogP contribution is -2.45. The van der Waals surface area contributed by atoms with Crippen molar-refractivity contribution in [3.05, 3.63) is 95.1 Å². The Morgan fingerprint density at radius 3 is 0.921 bits per heavy atom. The van der Waals surface area contributed by atoms with Gasteiger partial charge in [0.15, 0.2) is 0 Å². The van der Waals surface area contributed by atoms with Crippen molar-refractivity contribution < 1.29 is 76.7 Å². The van der Waals surface area contributed by atoms with Crippen molar-refractivity contribution in [2.45, 2.75) is 101 Å². The van der Waals surface area contributed by atoms with Gasteiger partial charge in [-0.15, -0.1) is 0 Å². The highest BCUT2D eigenvalue weighted by atomic mass is 16.5. The van der Waals surface area contributed by atoms with Crippen LogP contribution in [0.2, 0.25) is 0 Å². The van der Waals surface area contributed by atoms with Crippen molar-refractivity contribution >= 4 is 81.9 Å². The smallest absolute Gasteiger partial charge is 0.329 e. The van der Waals surface area contributed by atoms with Crippen LogP contribution in [0.25, 0.3) is 0 Å². The minimum Gasteiger partial charge on any atom is -0.496 e. The lowest BCUT2D eigenvalue weighted by Gasteiger charge is -2.22. The second-order valence-electron chi connectivity index (χ2n) is 20.2. The summed E-state index contributed by atoms with van der Waals surface area (Å²) in [6.07, 6.45) is 4.35. The van der Waals surface area contributed by atoms with Gasteiger partial charge in [-0.1, -0.05) is 0 Å². The molecule has 484 valence electrons. The summed E-state index contributed by atoms with van der Waals surface area (Å²) in [5.41, 5.74) is 28.9. The first kappa shape index (κ1) is 72.1. The number of aliphatic carboxylic acids is 1. The van der Waals surface area contributed by atoms with E-state index in [-0.39, 0.29) is 107 Å². The topological polar surface area (TPSA) is 463 Å². The fourth-order valence-electron chi connectivity index (χ4n) is 9.01. The highest BCUT2D eigenvalue weighted by molar-refractivity contribution is 6.08. The van der Waals surface area contributed by atoms with Gasteiger partial charge in [0, 0.05) is 22.7 Å². The highest BCUT2D eigenvalue weighted by Crippen LogP contribution is 2.28. The molecule has 29 heteroatoms. The quantitative estimate of drug-likeness (QED) is 0.0283. The van der Waals surface area contributed by atoms with Crippen LogP contribution in [-0.4, -0.2) is 156 Å². The molecule has 0 aliphatic heterocycles. The second-order valence-corrected chi connectivity index (χ2v) is 20.2. The fraction of sp³-hybridized carbons (Fsp3) is 0.433. The van der Waals surface area contributed by atoms with E-state index < -0.39 is 96.5 Å². The van der Waals surface area contributed by atoms with Crippen LogP contribution in [-0.2, 0) is 33.5 Å². The Morgan fingerprint density at radius 1 is 0.393 bits per heavy atom. The number of hydrogen-bond donors (Lipinski definition) is 14. The number of carbonyl (C=O) groups excluding carboxylic acids is 9. The van der Waals surface area contributed by atoms with E-state index in [9.17, 15) is 47.9 Å². The van der Waals surface area contributed by atoms with Crippen LogP contribution in [0.15, 0.2) is 72.8 Å². The molecule has 0 radical (unpaired) electrons. The molecule has 19 N–H and O–H groups in total. The third-order valence-electron chi connectivity index (χ3n) is 13.6. The second kappa shape index (κ2) is 38.0. The van der Waals surface area contributed by atoms with E-state index in [1.54, 1.807) is 0 Å². The van der Waals surface area contributed by atoms with Crippen molar-refractivity contribution in [3.8, 4) is 23.0 Å². The van der Waals surface area contributed by atoms with Gasteiger partial charge in [0.05, 0.1) is 50.7 Å². The molecule has 0 fully saturated rings. The minimum atomic E-state index is -1.28. The molecule has 9 amide bonds. The maximum absolute atomic E-state index is 14.3. The van der Waals surface area contributed by atoms with Crippen LogP contribution in [0.4, 0.5) is 22.7 Å². The molecular formula is C60H83N13O16. The zero-order chi connectivity index (χ0) is 65.4. The van der Waals surface area contributed by atoms with Crippen LogP contribution >= 0.6 is 0 Å². The van der Waals surface area contributed by atoms with E-state index in [0.717, 1.165) is 0 Å². The maximum Gasteiger partial charge on any atom is 0.329 e. The number of primary amides is 1. The number of amides is 9. The number of nitrogens with two attached hydrogens (primary N) is 5. The maximum atomic E-state index is 14.3. The number of benzene rings is 4. The number of ether oxygens (including phenoxy) is 5. The molecule has 4 rings (SSSR count). The van der Waals surface area contributed by atoms with Gasteiger partial charge in [0.25, 0.3) is 23.6 Å². The van der Waals surface area contributed by atoms with Crippen molar-refractivity contribution in [2.24, 2.45) is 28.7 Å². The number of nitrogens with one attached hydrogen (secondary N) is 8. The molecule has 0 saturated heterocycles. The molecule has 0 spiro atoms. The number of carbonyl (C=O) groups is 10. The minimum absolute atomic E-state index is 0.0228. The molecule has 0 saturated carbocycles. The van der Waals surface area contributed by atoms with Gasteiger partial charge in [-0.25, -0.2) is 4.79 Å². The van der Waals surface area contributed by atoms with Crippen LogP contribution < -0.4 is 90.2 Å². The monoisotopic (exact) mass is 1240 g/mol. The summed E-state index contributed by atoms with van der Waals surface area (Å²) in [6, 6.07) is 12.4. The van der Waals surface area contributed by atoms with Gasteiger partial charge in [-0.05, 0) is 176 Å². The summed E-state index contributed by atoms with van der Waals surface area (Å²) >= 11 is 0. The summed E-state index contributed by atoms with van der Waals surface area (Å²) < 4.78 is 26.6. The zero-order valence-electron chi connectivity index (χ0n) is 50.4. The Labute approximate surface area is 515 Å². The molecular weight excluding hydrogens is 1160 g/mol. The molecule has 0 bridgehead atoms. The van der Waals surface area contributed by atoms with Crippen LogP contribution in [0.1, 0.15) is 118 Å². The highest BCUT2D eigenvalue weighted by Gasteiger charge is 2.29. The van der Waals surface area contributed by atoms with E-state index in [1.807, 2.05) is 0 Å². The molecule has 0 unspecified atom stereocenters. The van der Waals surface area contributed by atoms with Crippen LogP contribution in [0.3, 0.4) is 0 Å². The normalized spacial score (nSPS) is 12.1. The molecule has 0 aliphatic carbocycles. The van der Waals surface area contributed by atoms with Gasteiger partial charge in [0.2, 0.25) is 29.5 Å². The van der Waals surface area contributed by atoms with Gasteiger partial charge in [-0.3, -0.25) is 43.2 Å². The lowest BCUT2D eigenvalue weighted by molar-refractivity contribution is -0.144. The Morgan fingerprint density at radius 2 is 0.663 bits per heavy atom. The molecule has 0 aromatic heterocycles. The third kappa shape index (κ3) is 23.3. The largest absolute Gasteiger partial charge is 0.496 e. The summed E-state index contributed by atoms with van der Waals surface area (Å²) in [5, 5.41) is 30.6. The predicted molar refractivity (Wildman–Crippen MR) is 331 cm³/mol. The Bertz CT molecular complexity index is 3090. The standard InChI is InChI=1S/C60H83N13O16/c1-85-47-21-17-35(29-39(47)53(65)77)66-58(82)44(14-6-10-26-62)71-55(79)41-31-37(19-23-49(41)87-3)68-60(84)46(16-8-12-28-64)73-56(80)42-32-38(20-24-50(42)88-4)69-59(83)45(15-7-11-27-63)72-54(78)40-30-36(18-22-48(40)86-2)67-57(81)43(13-5-9-25-61)70-51(74)33-89-34-52(75)76/h17-24,29-32,43-46H,5-16,25-28,33-34,61-64H2,1-4H3,(H2,65,77)(H,66,82)(H,67,81)(H,68,84)(H,69,83)(H,70,74)(H,71,79)(H,72,78)(H,73,80)(H,75,76)/t43-,44-,45-,46-/m0/s1. The number of unbranched alkanes of at least 4 members (excludes halogenated alkanes) is 4. The summed E-state index contributed by atoms with van der Waals surface area (Å²) in [4.78, 5) is 134. The van der Waals surface area contributed by atoms with Crippen molar-refractivity contribution in [3.63, 3.8) is 0 Å². The first-order chi connectivity index (χ1) is 42.7. The molecule has 4 aromatic carbocycles. The molecule has 0 heterocycles. The average molecular weight is 1240 g/mol. The summed E-state index contributed by atoms with van der Waals surface area (Å²) in [6.45, 7) is -0.0991. The van der Waals surface area contributed by atoms with E-state index in [4.69, 9.17) is 57.5 Å². The molecule has 4 aromatic rings. The van der Waals surface area contributed by atoms with E-state index in [1.165, 1.54) is 101 Å². The fourth-order valence-corrected chi connectivity index (χ4v) is 9.01. The first-order valence-electron chi connectivity index (χ1n) is 28.8. The Balaban J connectivity index is 1.55. The van der Waals surface area contributed by atoms with Crippen LogP contribution in [0.5, 0.6) is 23.0 Å². The SMILES string of the molecule is COc1ccc(NC(=O)[C@H](CCCCN)NC(=O)c2cc(NC(=O)[C@H](CCCCN)NC(=O)c3cc(NC(=O)[C@H](CCCCN)NC(=O)c4cc(NC(=O)[C@H](CCCCN)NC(=O)COCC(=O)O)ccc4OC)ccc3OC)ccc2OC)cc1C(N)=O. The molecule has 0 aliphatic rings. The Hall–Kier alpha value is -9.42. The Kier molecular flexibility index (Phi) is 30.8. The number of methoxy groups -OCH3 is 4. The van der Waals surface area contributed by atoms with Crippen molar-refractivity contribution in [1.29, 1.82) is 0 Å². The van der Waals surface area contributed by atoms with Gasteiger partial charge < -0.3 is 100.0 Å². The summed E-state index contributed by atoms with van der Waals surface area (Å²) in [5.74, 6) is -7.28. The number of carboxylic acid groups (broad SMARTS) is 1. The van der Waals surface area contributed by atoms with Crippen molar-refractivity contribution in [2.75, 3.05) is 89.1 Å². The summed E-state index contributed by atoms with van der Waals surface area (Å²) in [7, 11) is 5.34. The molecule has 4 atom stereocenters. The average Bonchev–Trinajstić information content (AvgIpc) is 3.19. The van der Waals surface area contributed by atoms with E-state index in [0.29, 0.717) is 64.5 Å².